The van der Waals surface area contributed by atoms with Gasteiger partial charge in [0.1, 0.15) is 17.5 Å². The summed E-state index contributed by atoms with van der Waals surface area (Å²) in [5, 5.41) is 0. The van der Waals surface area contributed by atoms with Crippen LogP contribution in [0.25, 0.3) is 0 Å². The molecular weight excluding hydrogens is 250 g/mol. The van der Waals surface area contributed by atoms with Crippen molar-refractivity contribution in [2.75, 3.05) is 16.9 Å². The number of hydrogen-bond acceptors (Lipinski definition) is 5. The number of nitrogen functional groups attached to an aromatic ring is 1. The lowest BCUT2D eigenvalue weighted by molar-refractivity contribution is 0.607. The molecule has 0 aromatic carbocycles. The summed E-state index contributed by atoms with van der Waals surface area (Å²) in [5.74, 6) is 8.33. The van der Waals surface area contributed by atoms with Crippen molar-refractivity contribution >= 4 is 11.6 Å². The fourth-order valence-electron chi connectivity index (χ4n) is 2.90. The second-order valence-corrected chi connectivity index (χ2v) is 5.72. The Labute approximate surface area is 121 Å². The maximum absolute atomic E-state index is 5.62. The Morgan fingerprint density at radius 3 is 2.80 bits per heavy atom. The quantitative estimate of drug-likeness (QED) is 0.654. The Kier molecular flexibility index (Phi) is 5.17. The lowest BCUT2D eigenvalue weighted by atomic mass is 10.1. The average Bonchev–Trinajstić information content (AvgIpc) is 2.65. The molecule has 1 unspecified atom stereocenters. The van der Waals surface area contributed by atoms with Crippen LogP contribution < -0.4 is 16.2 Å². The van der Waals surface area contributed by atoms with Crippen LogP contribution in [0.2, 0.25) is 0 Å². The summed E-state index contributed by atoms with van der Waals surface area (Å²) in [6, 6.07) is 0.534. The molecule has 112 valence electrons. The minimum absolute atomic E-state index is 0.534. The van der Waals surface area contributed by atoms with Crippen LogP contribution >= 0.6 is 0 Å². The topological polar surface area (TPSA) is 67.1 Å². The molecule has 1 aliphatic heterocycles. The highest BCUT2D eigenvalue weighted by Gasteiger charge is 2.22. The van der Waals surface area contributed by atoms with Gasteiger partial charge in [-0.15, -0.1) is 0 Å². The first-order chi connectivity index (χ1) is 9.67. The molecule has 5 heteroatoms. The Hall–Kier alpha value is -1.36. The van der Waals surface area contributed by atoms with Crippen LogP contribution in [-0.2, 0) is 6.42 Å². The summed E-state index contributed by atoms with van der Waals surface area (Å²) in [5.41, 5.74) is 3.78. The summed E-state index contributed by atoms with van der Waals surface area (Å²) in [6.45, 7) is 7.57. The number of anilines is 2. The third-order valence-electron chi connectivity index (χ3n) is 4.10. The highest BCUT2D eigenvalue weighted by Crippen LogP contribution is 2.28. The largest absolute Gasteiger partial charge is 0.354 e. The number of aromatic nitrogens is 2. The predicted molar refractivity (Wildman–Crippen MR) is 83.9 cm³/mol. The van der Waals surface area contributed by atoms with Crippen LogP contribution in [0.5, 0.6) is 0 Å². The van der Waals surface area contributed by atoms with E-state index in [2.05, 4.69) is 36.1 Å². The summed E-state index contributed by atoms with van der Waals surface area (Å²) in [7, 11) is 0. The standard InChI is InChI=1S/C15H27N5/c1-4-8-13-17-14(19-16)12(3)15(18-13)20-10-7-5-6-9-11(20)2/h11H,4-10,16H2,1-3H3,(H,17,18,19). The van der Waals surface area contributed by atoms with Gasteiger partial charge in [-0.25, -0.2) is 15.8 Å². The second kappa shape index (κ2) is 6.88. The molecule has 0 aliphatic carbocycles. The molecule has 1 aromatic rings. The highest BCUT2D eigenvalue weighted by molar-refractivity contribution is 5.58. The zero-order valence-electron chi connectivity index (χ0n) is 12.9. The van der Waals surface area contributed by atoms with Crippen molar-refractivity contribution in [3.05, 3.63) is 11.4 Å². The molecule has 1 aromatic heterocycles. The molecule has 2 heterocycles. The van der Waals surface area contributed by atoms with E-state index in [-0.39, 0.29) is 0 Å². The third kappa shape index (κ3) is 3.20. The minimum Gasteiger partial charge on any atom is -0.354 e. The van der Waals surface area contributed by atoms with Crippen molar-refractivity contribution in [2.45, 2.75) is 65.3 Å². The molecule has 5 nitrogen and oxygen atoms in total. The van der Waals surface area contributed by atoms with Crippen LogP contribution in [0.1, 0.15) is 57.3 Å². The molecular formula is C15H27N5. The molecule has 0 radical (unpaired) electrons. The maximum atomic E-state index is 5.62. The van der Waals surface area contributed by atoms with Crippen LogP contribution in [0.4, 0.5) is 11.6 Å². The molecule has 0 saturated carbocycles. The van der Waals surface area contributed by atoms with Gasteiger partial charge in [0.15, 0.2) is 0 Å². The number of aryl methyl sites for hydroxylation is 1. The first kappa shape index (κ1) is 15.0. The van der Waals surface area contributed by atoms with E-state index in [0.29, 0.717) is 6.04 Å². The molecule has 1 saturated heterocycles. The SMILES string of the molecule is CCCc1nc(NN)c(C)c(N2CCCCCC2C)n1. The van der Waals surface area contributed by atoms with Crippen LogP contribution in [-0.4, -0.2) is 22.6 Å². The fourth-order valence-corrected chi connectivity index (χ4v) is 2.90. The Balaban J connectivity index is 2.39. The lowest BCUT2D eigenvalue weighted by Crippen LogP contribution is -2.34. The molecule has 1 fully saturated rings. The molecule has 0 amide bonds. The number of hydrogen-bond donors (Lipinski definition) is 2. The zero-order valence-corrected chi connectivity index (χ0v) is 12.9. The molecule has 20 heavy (non-hydrogen) atoms. The van der Waals surface area contributed by atoms with Crippen molar-refractivity contribution < 1.29 is 0 Å². The van der Waals surface area contributed by atoms with E-state index in [9.17, 15) is 0 Å². The van der Waals surface area contributed by atoms with E-state index in [1.807, 2.05) is 0 Å². The van der Waals surface area contributed by atoms with Gasteiger partial charge in [0.05, 0.1) is 0 Å². The summed E-state index contributed by atoms with van der Waals surface area (Å²) in [6.07, 6.45) is 7.03. The van der Waals surface area contributed by atoms with Crippen molar-refractivity contribution in [3.8, 4) is 0 Å². The Morgan fingerprint density at radius 2 is 2.10 bits per heavy atom. The summed E-state index contributed by atoms with van der Waals surface area (Å²) < 4.78 is 0. The van der Waals surface area contributed by atoms with Crippen LogP contribution in [0.3, 0.4) is 0 Å². The lowest BCUT2D eigenvalue weighted by Gasteiger charge is -2.30. The van der Waals surface area contributed by atoms with Crippen molar-refractivity contribution in [1.29, 1.82) is 0 Å². The molecule has 3 N–H and O–H groups in total. The molecule has 0 bridgehead atoms. The number of rotatable bonds is 4. The van der Waals surface area contributed by atoms with Crippen LogP contribution in [0, 0.1) is 6.92 Å². The average molecular weight is 277 g/mol. The van der Waals surface area contributed by atoms with Gasteiger partial charge in [-0.1, -0.05) is 19.8 Å². The van der Waals surface area contributed by atoms with E-state index in [1.165, 1.54) is 25.7 Å². The van der Waals surface area contributed by atoms with E-state index in [1.54, 1.807) is 0 Å². The zero-order chi connectivity index (χ0) is 14.5. The van der Waals surface area contributed by atoms with Gasteiger partial charge < -0.3 is 10.3 Å². The van der Waals surface area contributed by atoms with Gasteiger partial charge in [0.25, 0.3) is 0 Å². The molecule has 2 rings (SSSR count). The van der Waals surface area contributed by atoms with Gasteiger partial charge in [0.2, 0.25) is 0 Å². The van der Waals surface area contributed by atoms with Crippen molar-refractivity contribution in [3.63, 3.8) is 0 Å². The first-order valence-electron chi connectivity index (χ1n) is 7.78. The highest BCUT2D eigenvalue weighted by atomic mass is 15.3. The fraction of sp³-hybridized carbons (Fsp3) is 0.733. The van der Waals surface area contributed by atoms with E-state index in [0.717, 1.165) is 42.4 Å². The second-order valence-electron chi connectivity index (χ2n) is 5.72. The van der Waals surface area contributed by atoms with E-state index in [4.69, 9.17) is 10.8 Å². The monoisotopic (exact) mass is 277 g/mol. The van der Waals surface area contributed by atoms with Crippen molar-refractivity contribution in [2.24, 2.45) is 5.84 Å². The van der Waals surface area contributed by atoms with Crippen LogP contribution in [0.15, 0.2) is 0 Å². The molecule has 1 atom stereocenters. The van der Waals surface area contributed by atoms with E-state index < -0.39 is 0 Å². The first-order valence-corrected chi connectivity index (χ1v) is 7.78. The summed E-state index contributed by atoms with van der Waals surface area (Å²) >= 11 is 0. The molecule has 1 aliphatic rings. The number of nitrogens with zero attached hydrogens (tertiary/aromatic N) is 3. The number of nitrogens with two attached hydrogens (primary N) is 1. The van der Waals surface area contributed by atoms with E-state index >= 15 is 0 Å². The van der Waals surface area contributed by atoms with Crippen molar-refractivity contribution in [1.82, 2.24) is 9.97 Å². The Bertz CT molecular complexity index is 446. The molecule has 0 spiro atoms. The predicted octanol–water partition coefficient (Wildman–Crippen LogP) is 2.79. The van der Waals surface area contributed by atoms with Gasteiger partial charge in [0, 0.05) is 24.6 Å². The van der Waals surface area contributed by atoms with Gasteiger partial charge in [-0.3, -0.25) is 0 Å². The van der Waals surface area contributed by atoms with Gasteiger partial charge in [-0.2, -0.15) is 0 Å². The van der Waals surface area contributed by atoms with Gasteiger partial charge >= 0.3 is 0 Å². The number of nitrogens with one attached hydrogen (secondary N) is 1. The normalized spacial score (nSPS) is 19.8. The smallest absolute Gasteiger partial charge is 0.148 e. The third-order valence-corrected chi connectivity index (χ3v) is 4.10. The Morgan fingerprint density at radius 1 is 1.30 bits per heavy atom. The van der Waals surface area contributed by atoms with Gasteiger partial charge in [-0.05, 0) is 33.1 Å². The maximum Gasteiger partial charge on any atom is 0.148 e. The minimum atomic E-state index is 0.534. The summed E-state index contributed by atoms with van der Waals surface area (Å²) in [4.78, 5) is 11.8. The number of hydrazine groups is 1.